The smallest absolute Gasteiger partial charge is 0.372 e. The number of amides is 3. The fraction of sp³-hybridized carbons (Fsp3) is 0.533. The quantitative estimate of drug-likeness (QED) is 0.0934. The van der Waals surface area contributed by atoms with Gasteiger partial charge in [0.25, 0.3) is 0 Å². The number of aryl methyl sites for hydroxylation is 1. The summed E-state index contributed by atoms with van der Waals surface area (Å²) in [5.41, 5.74) is -5.58. The lowest BCUT2D eigenvalue weighted by Crippen LogP contribution is -2.53. The molecule has 0 aliphatic carbocycles. The lowest BCUT2D eigenvalue weighted by atomic mass is 9.78. The maximum atomic E-state index is 14.0. The van der Waals surface area contributed by atoms with Crippen molar-refractivity contribution in [2.24, 2.45) is 10.8 Å². The van der Waals surface area contributed by atoms with Gasteiger partial charge in [0, 0.05) is 150 Å². The number of ketones is 3. The van der Waals surface area contributed by atoms with Crippen molar-refractivity contribution in [3.8, 4) is 0 Å². The van der Waals surface area contributed by atoms with Gasteiger partial charge in [-0.25, -0.2) is 14.4 Å². The lowest BCUT2D eigenvalue weighted by Gasteiger charge is -2.44. The molecule has 14 rings (SSSR count). The second-order valence-electron chi connectivity index (χ2n) is 30.2. The van der Waals surface area contributed by atoms with E-state index in [0.29, 0.717) is 103 Å². The van der Waals surface area contributed by atoms with Crippen LogP contribution < -0.4 is 4.90 Å². The molecule has 4 aromatic heterocycles. The van der Waals surface area contributed by atoms with Gasteiger partial charge in [0.1, 0.15) is 33.8 Å². The van der Waals surface area contributed by atoms with E-state index in [1.807, 2.05) is 26.0 Å². The van der Waals surface area contributed by atoms with Gasteiger partial charge < -0.3 is 19.6 Å². The van der Waals surface area contributed by atoms with Crippen LogP contribution in [-0.4, -0.2) is 185 Å². The molecule has 7 aliphatic heterocycles. The van der Waals surface area contributed by atoms with Crippen molar-refractivity contribution in [2.75, 3.05) is 90.0 Å². The van der Waals surface area contributed by atoms with Crippen molar-refractivity contribution >= 4 is 74.2 Å². The van der Waals surface area contributed by atoms with E-state index in [2.05, 4.69) is 51.4 Å². The van der Waals surface area contributed by atoms with E-state index >= 15 is 0 Å². The molecule has 111 heavy (non-hydrogen) atoms. The highest BCUT2D eigenvalue weighted by Gasteiger charge is 2.49. The Kier molecular flexibility index (Phi) is 23.3. The molecule has 0 unspecified atom stereocenters. The maximum Gasteiger partial charge on any atom is 0.420 e. The van der Waals surface area contributed by atoms with Crippen molar-refractivity contribution in [1.82, 2.24) is 58.7 Å². The van der Waals surface area contributed by atoms with Gasteiger partial charge in [0.15, 0.2) is 17.3 Å². The summed E-state index contributed by atoms with van der Waals surface area (Å²) >= 11 is 7.75. The highest BCUT2D eigenvalue weighted by molar-refractivity contribution is 7.19. The number of halogens is 16. The molecule has 0 saturated carbocycles. The molecular formula is C75H81ClF15N13O6S. The zero-order valence-corrected chi connectivity index (χ0v) is 62.6. The molecule has 11 heterocycles. The van der Waals surface area contributed by atoms with Crippen LogP contribution in [0.15, 0.2) is 79.3 Å². The van der Waals surface area contributed by atoms with Gasteiger partial charge in [-0.2, -0.15) is 95.2 Å². The fourth-order valence-electron chi connectivity index (χ4n) is 16.7. The molecule has 3 amide bonds. The summed E-state index contributed by atoms with van der Waals surface area (Å²) in [4.78, 5) is 87.6. The summed E-state index contributed by atoms with van der Waals surface area (Å²) in [6, 6.07) is 14.7. The number of nitrogens with zero attached hydrogens (tertiary/aromatic N) is 13. The Bertz CT molecular complexity index is 4650. The zero-order valence-electron chi connectivity index (χ0n) is 61.0. The first-order valence-corrected chi connectivity index (χ1v) is 37.6. The summed E-state index contributed by atoms with van der Waals surface area (Å²) in [5, 5.41) is 12.4. The SMILES string of the molecule is CC(=O)c1nn(C(=O)N2CCC3(CCCN3Cc3cc4ccc(C)cc4s3)CC2)cc1C(F)(F)F.CC(=O)c1nn(C(=O)N2CCC3(CCN(Cc4cc(Cl)ccc4C(F)(F)F)C3)CC2)cc1C(F)(F)F.CC(=O)c1nn(C(=O)N2CCC3(CCN(Cc4ccc(N5CCCC5)cc4C(F)(F)F)C3)CC2)cc1C(F)(F)F. The van der Waals surface area contributed by atoms with Crippen LogP contribution in [0.5, 0.6) is 0 Å². The Labute approximate surface area is 637 Å². The van der Waals surface area contributed by atoms with Gasteiger partial charge in [0.05, 0.1) is 11.1 Å². The lowest BCUT2D eigenvalue weighted by molar-refractivity contribution is -0.139. The molecule has 0 bridgehead atoms. The number of likely N-dealkylation sites (tertiary alicyclic amines) is 6. The summed E-state index contributed by atoms with van der Waals surface area (Å²) in [6.45, 7) is 12.9. The number of aromatic nitrogens is 6. The summed E-state index contributed by atoms with van der Waals surface area (Å²) in [6.07, 6.45) is -12.3. The van der Waals surface area contributed by atoms with Gasteiger partial charge in [-0.15, -0.1) is 11.3 Å². The molecule has 7 fully saturated rings. The predicted molar refractivity (Wildman–Crippen MR) is 379 cm³/mol. The first kappa shape index (κ1) is 82.1. The topological polar surface area (TPSA) is 179 Å². The Morgan fingerprint density at radius 1 is 0.432 bits per heavy atom. The second kappa shape index (κ2) is 31.5. The van der Waals surface area contributed by atoms with Crippen LogP contribution >= 0.6 is 22.9 Å². The largest absolute Gasteiger partial charge is 0.420 e. The van der Waals surface area contributed by atoms with Crippen LogP contribution in [0.2, 0.25) is 5.02 Å². The number of carbonyl (C=O) groups is 6. The van der Waals surface area contributed by atoms with Gasteiger partial charge in [-0.1, -0.05) is 29.8 Å². The number of alkyl halides is 15. The van der Waals surface area contributed by atoms with E-state index in [0.717, 1.165) is 104 Å². The standard InChI is InChI=1S/C27H31F6N5O2.C25H27F3N4O2S.C23H23ClF6N4O2/c1-18(39)23-22(27(31,32)33)16-38(34-23)24(40)37-12-7-25(8-13-37)6-11-35(17-25)15-19-4-5-20(36-9-2-3-10-36)14-21(19)26(28,29)30;1-16-4-5-18-13-19(35-21(18)12-16)14-31-9-3-6-24(31)7-10-30(11-8-24)23(34)32-15-20(25(26,27)28)22(29-32)17(2)33;1-14(35)19-18(23(28,29)30)12-34(31-19)20(36)33-8-5-21(6-9-33)4-7-32(13-21)11-15-10-16(24)2-3-17(15)22(25,26)27/h4-5,14,16H,2-3,6-13,15,17H2,1H3;4-5,12-13,15H,3,6-11,14H2,1-2H3;2-3,10,12H,4-9,11,13H2,1H3. The van der Waals surface area contributed by atoms with E-state index in [-0.39, 0.29) is 71.8 Å². The number of rotatable bonds is 10. The Balaban J connectivity index is 0.000000155. The third kappa shape index (κ3) is 18.3. The van der Waals surface area contributed by atoms with Crippen molar-refractivity contribution in [3.05, 3.63) is 151 Å². The van der Waals surface area contributed by atoms with Gasteiger partial charge in [0.2, 0.25) is 0 Å². The minimum atomic E-state index is -4.83. The van der Waals surface area contributed by atoms with Crippen LogP contribution in [0.3, 0.4) is 0 Å². The molecule has 19 nitrogen and oxygen atoms in total. The molecule has 0 N–H and O–H groups in total. The van der Waals surface area contributed by atoms with Crippen LogP contribution in [0.25, 0.3) is 10.1 Å². The van der Waals surface area contributed by atoms with E-state index in [4.69, 9.17) is 11.6 Å². The normalized spacial score (nSPS) is 19.2. The molecule has 36 heteroatoms. The number of carbonyl (C=O) groups excluding carboxylic acids is 6. The highest BCUT2D eigenvalue weighted by Crippen LogP contribution is 2.47. The van der Waals surface area contributed by atoms with Gasteiger partial charge >= 0.3 is 49.0 Å². The number of fused-ring (bicyclic) bond motifs is 1. The van der Waals surface area contributed by atoms with Crippen LogP contribution in [0.1, 0.15) is 179 Å². The minimum absolute atomic E-state index is 0.00530. The first-order valence-electron chi connectivity index (χ1n) is 36.4. The van der Waals surface area contributed by atoms with Gasteiger partial charge in [-0.05, 0) is 179 Å². The van der Waals surface area contributed by atoms with Crippen molar-refractivity contribution in [2.45, 2.75) is 161 Å². The van der Waals surface area contributed by atoms with Crippen LogP contribution in [0, 0.1) is 17.8 Å². The average molecular weight is 1610 g/mol. The number of hydrogen-bond acceptors (Lipinski definition) is 14. The Morgan fingerprint density at radius 3 is 1.28 bits per heavy atom. The highest BCUT2D eigenvalue weighted by atomic mass is 35.5. The molecule has 3 spiro atoms. The Hall–Kier alpha value is -8.41. The minimum Gasteiger partial charge on any atom is -0.372 e. The summed E-state index contributed by atoms with van der Waals surface area (Å²) < 4.78 is 205. The van der Waals surface area contributed by atoms with E-state index in [1.165, 1.54) is 48.5 Å². The number of hydrogen-bond donors (Lipinski definition) is 0. The summed E-state index contributed by atoms with van der Waals surface area (Å²) in [7, 11) is 0. The van der Waals surface area contributed by atoms with Crippen molar-refractivity contribution in [1.29, 1.82) is 0 Å². The van der Waals surface area contributed by atoms with E-state index in [1.54, 1.807) is 17.0 Å². The molecule has 7 aromatic rings. The Morgan fingerprint density at radius 2 is 0.856 bits per heavy atom. The molecular weight excluding hydrogens is 1530 g/mol. The monoisotopic (exact) mass is 1610 g/mol. The third-order valence-electron chi connectivity index (χ3n) is 22.7. The molecule has 7 saturated heterocycles. The number of piperidine rings is 3. The number of benzene rings is 3. The first-order chi connectivity index (χ1) is 52.0. The zero-order chi connectivity index (χ0) is 80.3. The van der Waals surface area contributed by atoms with Crippen molar-refractivity contribution < 1.29 is 94.6 Å². The summed E-state index contributed by atoms with van der Waals surface area (Å²) in [5.74, 6) is -2.60. The van der Waals surface area contributed by atoms with Crippen LogP contribution in [-0.2, 0) is 50.5 Å². The van der Waals surface area contributed by atoms with Crippen molar-refractivity contribution in [3.63, 3.8) is 0 Å². The molecule has 600 valence electrons. The second-order valence-corrected chi connectivity index (χ2v) is 31.8. The van der Waals surface area contributed by atoms with E-state index in [9.17, 15) is 94.6 Å². The average Bonchev–Trinajstić information content (AvgIpc) is 1.65. The maximum absolute atomic E-state index is 14.0. The number of anilines is 1. The predicted octanol–water partition coefficient (Wildman–Crippen LogP) is 17.1. The van der Waals surface area contributed by atoms with Gasteiger partial charge in [-0.3, -0.25) is 29.1 Å². The number of thiophene rings is 1. The molecule has 7 aliphatic rings. The molecule has 3 aromatic carbocycles. The van der Waals surface area contributed by atoms with E-state index < -0.39 is 111 Å². The number of Topliss-reactive ketones (excluding diaryl/α,β-unsaturated/α-hetero) is 3. The molecule has 0 radical (unpaired) electrons. The van der Waals surface area contributed by atoms with Crippen LogP contribution in [0.4, 0.5) is 85.9 Å². The third-order valence-corrected chi connectivity index (χ3v) is 24.0. The fourth-order valence-corrected chi connectivity index (χ4v) is 18.1. The molecule has 0 atom stereocenters.